The Morgan fingerprint density at radius 2 is 2.11 bits per heavy atom. The monoisotopic (exact) mass is 257 g/mol. The van der Waals surface area contributed by atoms with Gasteiger partial charge in [0.1, 0.15) is 0 Å². The van der Waals surface area contributed by atoms with Crippen LogP contribution in [0.2, 0.25) is 0 Å². The van der Waals surface area contributed by atoms with Crippen molar-refractivity contribution in [2.45, 2.75) is 12.8 Å². The molecule has 2 aromatic heterocycles. The number of imidazole rings is 1. The van der Waals surface area contributed by atoms with Crippen molar-refractivity contribution in [1.82, 2.24) is 14.5 Å². The van der Waals surface area contributed by atoms with Crippen molar-refractivity contribution in [3.63, 3.8) is 0 Å². The molecule has 90 valence electrons. The summed E-state index contributed by atoms with van der Waals surface area (Å²) in [7, 11) is 0. The van der Waals surface area contributed by atoms with Gasteiger partial charge in [-0.15, -0.1) is 11.6 Å². The van der Waals surface area contributed by atoms with Crippen molar-refractivity contribution in [2.24, 2.45) is 0 Å². The maximum atomic E-state index is 5.79. The molecule has 0 bridgehead atoms. The van der Waals surface area contributed by atoms with Crippen LogP contribution in [0, 0.1) is 6.92 Å². The van der Waals surface area contributed by atoms with Gasteiger partial charge < -0.3 is 4.57 Å². The number of benzene rings is 1. The van der Waals surface area contributed by atoms with E-state index >= 15 is 0 Å². The van der Waals surface area contributed by atoms with Crippen molar-refractivity contribution >= 4 is 22.5 Å². The van der Waals surface area contributed by atoms with Gasteiger partial charge in [0.25, 0.3) is 0 Å². The van der Waals surface area contributed by atoms with E-state index in [-0.39, 0.29) is 0 Å². The lowest BCUT2D eigenvalue weighted by Gasteiger charge is -2.08. The summed E-state index contributed by atoms with van der Waals surface area (Å²) in [5.41, 5.74) is 3.94. The molecule has 0 amide bonds. The standard InChI is InChI=1S/C14H12ClN3/c1-10-6-14(18-8-11(7-15)16-9-18)12-4-2-3-5-13(12)17-10/h2-6,8-9H,7H2,1H3. The van der Waals surface area contributed by atoms with E-state index < -0.39 is 0 Å². The molecule has 0 N–H and O–H groups in total. The van der Waals surface area contributed by atoms with Crippen molar-refractivity contribution < 1.29 is 0 Å². The lowest BCUT2D eigenvalue weighted by Crippen LogP contribution is -1.95. The van der Waals surface area contributed by atoms with Gasteiger partial charge in [-0.3, -0.25) is 4.98 Å². The molecule has 0 spiro atoms. The molecule has 0 fully saturated rings. The third-order valence-corrected chi connectivity index (χ3v) is 3.15. The molecule has 0 radical (unpaired) electrons. The zero-order valence-corrected chi connectivity index (χ0v) is 10.7. The molecule has 0 saturated heterocycles. The maximum absolute atomic E-state index is 5.79. The van der Waals surface area contributed by atoms with Crippen LogP contribution in [-0.4, -0.2) is 14.5 Å². The number of rotatable bonds is 2. The molecule has 3 nitrogen and oxygen atoms in total. The van der Waals surface area contributed by atoms with E-state index in [1.165, 1.54) is 0 Å². The largest absolute Gasteiger partial charge is 0.305 e. The Morgan fingerprint density at radius 3 is 2.89 bits per heavy atom. The zero-order valence-electron chi connectivity index (χ0n) is 9.97. The van der Waals surface area contributed by atoms with E-state index in [1.54, 1.807) is 6.33 Å². The Bertz CT molecular complexity index is 703. The summed E-state index contributed by atoms with van der Waals surface area (Å²) in [5, 5.41) is 1.11. The molecule has 0 saturated carbocycles. The summed E-state index contributed by atoms with van der Waals surface area (Å²) in [6.45, 7) is 2.00. The molecular formula is C14H12ClN3. The van der Waals surface area contributed by atoms with Crippen LogP contribution in [-0.2, 0) is 5.88 Å². The first-order valence-electron chi connectivity index (χ1n) is 5.73. The van der Waals surface area contributed by atoms with E-state index in [0.29, 0.717) is 5.88 Å². The van der Waals surface area contributed by atoms with Gasteiger partial charge >= 0.3 is 0 Å². The Kier molecular flexibility index (Phi) is 2.76. The molecule has 4 heteroatoms. The molecule has 0 aliphatic heterocycles. The molecule has 1 aromatic carbocycles. The molecule has 0 aliphatic rings. The number of para-hydroxylation sites is 1. The van der Waals surface area contributed by atoms with Crippen molar-refractivity contribution in [2.75, 3.05) is 0 Å². The highest BCUT2D eigenvalue weighted by Gasteiger charge is 2.06. The fourth-order valence-corrected chi connectivity index (χ4v) is 2.20. The Hall–Kier alpha value is -1.87. The van der Waals surface area contributed by atoms with Crippen LogP contribution in [0.3, 0.4) is 0 Å². The van der Waals surface area contributed by atoms with Crippen LogP contribution < -0.4 is 0 Å². The third kappa shape index (κ3) is 1.87. The van der Waals surface area contributed by atoms with E-state index in [1.807, 2.05) is 35.9 Å². The van der Waals surface area contributed by atoms with Crippen LogP contribution in [0.4, 0.5) is 0 Å². The number of halogens is 1. The maximum Gasteiger partial charge on any atom is 0.0995 e. The lowest BCUT2D eigenvalue weighted by atomic mass is 10.1. The summed E-state index contributed by atoms with van der Waals surface area (Å²) < 4.78 is 1.99. The predicted octanol–water partition coefficient (Wildman–Crippen LogP) is 3.47. The first-order valence-corrected chi connectivity index (χ1v) is 6.27. The van der Waals surface area contributed by atoms with Crippen LogP contribution in [0.5, 0.6) is 0 Å². The summed E-state index contributed by atoms with van der Waals surface area (Å²) >= 11 is 5.79. The number of aromatic nitrogens is 3. The minimum absolute atomic E-state index is 0.426. The quantitative estimate of drug-likeness (QED) is 0.658. The van der Waals surface area contributed by atoms with Crippen molar-refractivity contribution in [1.29, 1.82) is 0 Å². The molecule has 0 atom stereocenters. The number of pyridine rings is 1. The van der Waals surface area contributed by atoms with Gasteiger partial charge in [-0.05, 0) is 19.1 Å². The van der Waals surface area contributed by atoms with Crippen LogP contribution in [0.25, 0.3) is 16.6 Å². The highest BCUT2D eigenvalue weighted by atomic mass is 35.5. The third-order valence-electron chi connectivity index (χ3n) is 2.87. The van der Waals surface area contributed by atoms with Crippen molar-refractivity contribution in [3.8, 4) is 5.69 Å². The molecule has 2 heterocycles. The average Bonchev–Trinajstić information content (AvgIpc) is 2.86. The number of hydrogen-bond acceptors (Lipinski definition) is 2. The van der Waals surface area contributed by atoms with Crippen LogP contribution in [0.1, 0.15) is 11.4 Å². The van der Waals surface area contributed by atoms with E-state index in [4.69, 9.17) is 11.6 Å². The minimum Gasteiger partial charge on any atom is -0.305 e. The van der Waals surface area contributed by atoms with Gasteiger partial charge in [-0.2, -0.15) is 0 Å². The van der Waals surface area contributed by atoms with E-state index in [9.17, 15) is 0 Å². The van der Waals surface area contributed by atoms with E-state index in [0.717, 1.165) is 28.0 Å². The lowest BCUT2D eigenvalue weighted by molar-refractivity contribution is 1.06. The van der Waals surface area contributed by atoms with Crippen LogP contribution >= 0.6 is 11.6 Å². The van der Waals surface area contributed by atoms with Gasteiger partial charge in [0, 0.05) is 17.3 Å². The van der Waals surface area contributed by atoms with Gasteiger partial charge in [0.05, 0.1) is 29.1 Å². The fraction of sp³-hybridized carbons (Fsp3) is 0.143. The number of fused-ring (bicyclic) bond motifs is 1. The van der Waals surface area contributed by atoms with E-state index in [2.05, 4.69) is 22.1 Å². The molecule has 18 heavy (non-hydrogen) atoms. The number of nitrogens with zero attached hydrogens (tertiary/aromatic N) is 3. The smallest absolute Gasteiger partial charge is 0.0995 e. The summed E-state index contributed by atoms with van der Waals surface area (Å²) in [4.78, 5) is 8.79. The van der Waals surface area contributed by atoms with Gasteiger partial charge in [-0.25, -0.2) is 4.98 Å². The molecule has 3 rings (SSSR count). The summed E-state index contributed by atoms with van der Waals surface area (Å²) in [5.74, 6) is 0.426. The summed E-state index contributed by atoms with van der Waals surface area (Å²) in [6.07, 6.45) is 3.74. The second-order valence-electron chi connectivity index (χ2n) is 4.21. The SMILES string of the molecule is Cc1cc(-n2cnc(CCl)c2)c2ccccc2n1. The average molecular weight is 258 g/mol. The highest BCUT2D eigenvalue weighted by molar-refractivity contribution is 6.16. The van der Waals surface area contributed by atoms with Crippen molar-refractivity contribution in [3.05, 3.63) is 54.2 Å². The highest BCUT2D eigenvalue weighted by Crippen LogP contribution is 2.22. The minimum atomic E-state index is 0.426. The predicted molar refractivity (Wildman–Crippen MR) is 73.2 cm³/mol. The Balaban J connectivity index is 2.27. The number of alkyl halides is 1. The second kappa shape index (κ2) is 4.42. The first kappa shape index (κ1) is 11.2. The van der Waals surface area contributed by atoms with Crippen LogP contribution in [0.15, 0.2) is 42.9 Å². The van der Waals surface area contributed by atoms with Gasteiger partial charge in [0.15, 0.2) is 0 Å². The Morgan fingerprint density at radius 1 is 1.28 bits per heavy atom. The summed E-state index contributed by atoms with van der Waals surface area (Å²) in [6, 6.07) is 10.2. The number of aryl methyl sites for hydroxylation is 1. The Labute approximate surface area is 110 Å². The molecule has 0 aliphatic carbocycles. The molecule has 3 aromatic rings. The van der Waals surface area contributed by atoms with Gasteiger partial charge in [-0.1, -0.05) is 18.2 Å². The molecular weight excluding hydrogens is 246 g/mol. The normalized spacial score (nSPS) is 11.0. The van der Waals surface area contributed by atoms with Gasteiger partial charge in [0.2, 0.25) is 0 Å². The first-order chi connectivity index (χ1) is 8.78. The topological polar surface area (TPSA) is 30.7 Å². The number of hydrogen-bond donors (Lipinski definition) is 0. The fourth-order valence-electron chi connectivity index (χ4n) is 2.06. The zero-order chi connectivity index (χ0) is 12.5. The molecule has 0 unspecified atom stereocenters. The second-order valence-corrected chi connectivity index (χ2v) is 4.47.